The number of rotatable bonds is 3. The molecule has 0 atom stereocenters. The minimum Gasteiger partial charge on any atom is -0.469 e. The standard InChI is InChI=1S/C5H10O.C4H8O2.2C2H3NO.CH5N.CH4O.3CH4/c1-3-5(6)4-2;1-3-4(5)6-2;2*1-3-2-4;2*1-2;;;/h3-4H2,1-2H3;3H2,1-2H3;2*1H3;2H2,1H3;2H,1H3;3*1H4. The molecule has 0 radical (unpaired) electrons. The summed E-state index contributed by atoms with van der Waals surface area (Å²) in [5.41, 5.74) is 4.50. The monoisotopic (exact) mass is 399 g/mol. The lowest BCUT2D eigenvalue weighted by molar-refractivity contribution is -0.140. The van der Waals surface area contributed by atoms with E-state index in [2.05, 4.69) is 20.5 Å². The molecule has 0 heterocycles. The van der Waals surface area contributed by atoms with E-state index in [9.17, 15) is 9.59 Å². The van der Waals surface area contributed by atoms with Gasteiger partial charge in [0.05, 0.1) is 7.11 Å². The number of esters is 1. The first-order chi connectivity index (χ1) is 11.4. The van der Waals surface area contributed by atoms with Crippen LogP contribution in [0.5, 0.6) is 0 Å². The van der Waals surface area contributed by atoms with E-state index >= 15 is 0 Å². The Morgan fingerprint density at radius 3 is 1.07 bits per heavy atom. The van der Waals surface area contributed by atoms with Crippen LogP contribution >= 0.6 is 0 Å². The van der Waals surface area contributed by atoms with Crippen LogP contribution in [0.25, 0.3) is 0 Å². The number of methoxy groups -OCH3 is 1. The number of nitrogens with zero attached hydrogens (tertiary/aromatic N) is 2. The molecule has 9 heteroatoms. The first-order valence-electron chi connectivity index (χ1n) is 6.98. The number of carbonyl (C=O) groups excluding carboxylic acids is 4. The molecule has 0 aromatic rings. The van der Waals surface area contributed by atoms with Gasteiger partial charge in [-0.25, -0.2) is 19.6 Å². The number of aliphatic hydroxyl groups excluding tert-OH is 1. The van der Waals surface area contributed by atoms with Crippen LogP contribution in [0.1, 0.15) is 62.3 Å². The third-order valence-electron chi connectivity index (χ3n) is 1.49. The van der Waals surface area contributed by atoms with E-state index in [4.69, 9.17) is 14.7 Å². The van der Waals surface area contributed by atoms with Crippen molar-refractivity contribution in [1.29, 1.82) is 0 Å². The molecule has 168 valence electrons. The molecule has 9 nitrogen and oxygen atoms in total. The van der Waals surface area contributed by atoms with E-state index in [1.165, 1.54) is 40.4 Å². The second-order valence-electron chi connectivity index (χ2n) is 2.81. The second kappa shape index (κ2) is 88.8. The third-order valence-corrected chi connectivity index (χ3v) is 1.49. The molecule has 0 aliphatic heterocycles. The predicted molar refractivity (Wildman–Crippen MR) is 114 cm³/mol. The number of Topliss-reactive ketones (excluding diaryl/α,β-unsaturated/α-hetero) is 1. The molecular formula is C18H45N3O6. The van der Waals surface area contributed by atoms with E-state index in [0.29, 0.717) is 25.0 Å². The molecule has 0 amide bonds. The molecule has 0 aromatic carbocycles. The lowest BCUT2D eigenvalue weighted by Gasteiger charge is -1.87. The quantitative estimate of drug-likeness (QED) is 0.421. The molecule has 0 unspecified atom stereocenters. The molecule has 3 N–H and O–H groups in total. The minimum atomic E-state index is -0.157. The third kappa shape index (κ3) is 185. The molecule has 0 aliphatic rings. The highest BCUT2D eigenvalue weighted by Crippen LogP contribution is 1.83. The maximum atomic E-state index is 10.2. The fourth-order valence-corrected chi connectivity index (χ4v) is 0.394. The van der Waals surface area contributed by atoms with Crippen molar-refractivity contribution in [3.8, 4) is 0 Å². The number of ether oxygens (including phenoxy) is 1. The summed E-state index contributed by atoms with van der Waals surface area (Å²) in [6.07, 6.45) is 4.46. The Morgan fingerprint density at radius 1 is 0.852 bits per heavy atom. The van der Waals surface area contributed by atoms with Gasteiger partial charge < -0.3 is 15.6 Å². The van der Waals surface area contributed by atoms with Gasteiger partial charge in [0.25, 0.3) is 0 Å². The van der Waals surface area contributed by atoms with Gasteiger partial charge in [-0.15, -0.1) is 0 Å². The van der Waals surface area contributed by atoms with Gasteiger partial charge in [-0.2, -0.15) is 0 Å². The molecule has 0 spiro atoms. The van der Waals surface area contributed by atoms with Gasteiger partial charge in [0.15, 0.2) is 0 Å². The summed E-state index contributed by atoms with van der Waals surface area (Å²) in [5.74, 6) is 0.185. The van der Waals surface area contributed by atoms with Crippen LogP contribution in [-0.2, 0) is 23.9 Å². The van der Waals surface area contributed by atoms with Crippen LogP contribution in [0.2, 0.25) is 0 Å². The minimum absolute atomic E-state index is 0. The van der Waals surface area contributed by atoms with E-state index in [1.807, 2.05) is 13.8 Å². The molecule has 0 rings (SSSR count). The van der Waals surface area contributed by atoms with Crippen molar-refractivity contribution in [3.05, 3.63) is 0 Å². The highest BCUT2D eigenvalue weighted by molar-refractivity contribution is 5.77. The summed E-state index contributed by atoms with van der Waals surface area (Å²) in [5, 5.41) is 7.00. The highest BCUT2D eigenvalue weighted by atomic mass is 16.5. The maximum Gasteiger partial charge on any atom is 0.305 e. The van der Waals surface area contributed by atoms with Crippen molar-refractivity contribution >= 4 is 23.9 Å². The van der Waals surface area contributed by atoms with Gasteiger partial charge in [0.2, 0.25) is 12.2 Å². The maximum absolute atomic E-state index is 10.2. The fourth-order valence-electron chi connectivity index (χ4n) is 0.394. The van der Waals surface area contributed by atoms with Crippen molar-refractivity contribution in [2.75, 3.05) is 35.4 Å². The SMILES string of the molecule is C.C.C.CCC(=O)CC.CCC(=O)OC.CN.CN=C=O.CN=C=O.CO. The van der Waals surface area contributed by atoms with Crippen molar-refractivity contribution in [2.24, 2.45) is 15.7 Å². The predicted octanol–water partition coefficient (Wildman–Crippen LogP) is 2.94. The summed E-state index contributed by atoms with van der Waals surface area (Å²) < 4.78 is 4.26. The zero-order valence-electron chi connectivity index (χ0n) is 16.1. The number of nitrogens with two attached hydrogens (primary N) is 1. The number of aliphatic hydroxyl groups is 1. The lowest BCUT2D eigenvalue weighted by atomic mass is 10.3. The molecular weight excluding hydrogens is 354 g/mol. The molecule has 0 saturated heterocycles. The Hall–Kier alpha value is -2.18. The van der Waals surface area contributed by atoms with Crippen LogP contribution in [0.3, 0.4) is 0 Å². The van der Waals surface area contributed by atoms with Gasteiger partial charge in [-0.1, -0.05) is 43.1 Å². The molecule has 0 fully saturated rings. The number of hydrogen-bond acceptors (Lipinski definition) is 9. The van der Waals surface area contributed by atoms with Gasteiger partial charge in [-0.3, -0.25) is 9.59 Å². The largest absolute Gasteiger partial charge is 0.469 e. The Balaban J connectivity index is -0.0000000210. The van der Waals surface area contributed by atoms with Gasteiger partial charge in [0.1, 0.15) is 5.78 Å². The van der Waals surface area contributed by atoms with E-state index in [-0.39, 0.29) is 28.2 Å². The second-order valence-corrected chi connectivity index (χ2v) is 2.81. The van der Waals surface area contributed by atoms with Crippen LogP contribution in [0.15, 0.2) is 9.98 Å². The zero-order valence-corrected chi connectivity index (χ0v) is 16.1. The molecule has 0 saturated carbocycles. The Labute approximate surface area is 167 Å². The number of isocyanates is 2. The van der Waals surface area contributed by atoms with Crippen molar-refractivity contribution < 1.29 is 29.0 Å². The van der Waals surface area contributed by atoms with Crippen molar-refractivity contribution in [1.82, 2.24) is 0 Å². The topological polar surface area (TPSA) is 148 Å². The molecule has 0 aliphatic carbocycles. The van der Waals surface area contributed by atoms with Gasteiger partial charge in [-0.05, 0) is 7.05 Å². The average Bonchev–Trinajstić information content (AvgIpc) is 2.70. The van der Waals surface area contributed by atoms with Crippen molar-refractivity contribution in [3.63, 3.8) is 0 Å². The van der Waals surface area contributed by atoms with E-state index < -0.39 is 0 Å². The summed E-state index contributed by atoms with van der Waals surface area (Å²) in [7, 11) is 6.64. The van der Waals surface area contributed by atoms with Crippen LogP contribution < -0.4 is 5.73 Å². The van der Waals surface area contributed by atoms with Crippen LogP contribution in [0, 0.1) is 0 Å². The van der Waals surface area contributed by atoms with Gasteiger partial charge >= 0.3 is 5.97 Å². The molecule has 27 heavy (non-hydrogen) atoms. The lowest BCUT2D eigenvalue weighted by Crippen LogP contribution is -1.94. The first kappa shape index (κ1) is 56.3. The smallest absolute Gasteiger partial charge is 0.305 e. The average molecular weight is 400 g/mol. The number of aliphatic imine (C=N–C) groups is 2. The van der Waals surface area contributed by atoms with Crippen LogP contribution in [-0.4, -0.2) is 64.4 Å². The first-order valence-corrected chi connectivity index (χ1v) is 6.98. The Bertz CT molecular complexity index is 281. The number of hydrogen-bond donors (Lipinski definition) is 2. The Morgan fingerprint density at radius 2 is 1.07 bits per heavy atom. The van der Waals surface area contributed by atoms with Crippen molar-refractivity contribution in [2.45, 2.75) is 62.3 Å². The summed E-state index contributed by atoms with van der Waals surface area (Å²) in [6.45, 7) is 5.52. The van der Waals surface area contributed by atoms with E-state index in [0.717, 1.165) is 7.11 Å². The highest BCUT2D eigenvalue weighted by Gasteiger charge is 1.87. The Kier molecular flexibility index (Phi) is 185. The normalized spacial score (nSPS) is 5.26. The van der Waals surface area contributed by atoms with Crippen LogP contribution in [0.4, 0.5) is 0 Å². The number of carbonyl (C=O) groups is 2. The van der Waals surface area contributed by atoms with E-state index in [1.54, 1.807) is 6.92 Å². The van der Waals surface area contributed by atoms with Gasteiger partial charge in [0, 0.05) is 40.5 Å². The number of ketones is 1. The fraction of sp³-hybridized carbons (Fsp3) is 0.778. The zero-order chi connectivity index (χ0) is 20.8. The summed E-state index contributed by atoms with van der Waals surface area (Å²) in [4.78, 5) is 43.8. The summed E-state index contributed by atoms with van der Waals surface area (Å²) in [6, 6.07) is 0. The summed E-state index contributed by atoms with van der Waals surface area (Å²) >= 11 is 0. The molecule has 0 bridgehead atoms. The molecule has 0 aromatic heterocycles.